The lowest BCUT2D eigenvalue weighted by Gasteiger charge is -2.33. The molecule has 4 heteroatoms. The van der Waals surface area contributed by atoms with E-state index < -0.39 is 0 Å². The van der Waals surface area contributed by atoms with Gasteiger partial charge in [-0.1, -0.05) is 35.9 Å². The van der Waals surface area contributed by atoms with Crippen LogP contribution in [0.15, 0.2) is 42.5 Å². The minimum atomic E-state index is -0.273. The van der Waals surface area contributed by atoms with Gasteiger partial charge in [0, 0.05) is 16.6 Å². The number of hydrogen-bond donors (Lipinski definition) is 2. The van der Waals surface area contributed by atoms with Crippen molar-refractivity contribution in [1.29, 1.82) is 0 Å². The van der Waals surface area contributed by atoms with E-state index in [0.29, 0.717) is 16.5 Å². The van der Waals surface area contributed by atoms with Gasteiger partial charge < -0.3 is 0 Å². The maximum atomic E-state index is 13.9. The Bertz CT molecular complexity index is 630. The summed E-state index contributed by atoms with van der Waals surface area (Å²) in [5.74, 6) is 5.76. The highest BCUT2D eigenvalue weighted by Crippen LogP contribution is 2.41. The van der Waals surface area contributed by atoms with Crippen molar-refractivity contribution >= 4 is 11.6 Å². The van der Waals surface area contributed by atoms with Crippen LogP contribution in [0.25, 0.3) is 0 Å². The van der Waals surface area contributed by atoms with Gasteiger partial charge >= 0.3 is 0 Å². The fourth-order valence-electron chi connectivity index (χ4n) is 2.92. The van der Waals surface area contributed by atoms with Gasteiger partial charge in [-0.25, -0.2) is 4.39 Å². The van der Waals surface area contributed by atoms with E-state index in [2.05, 4.69) is 17.6 Å². The number of hydrazine groups is 1. The first kappa shape index (κ1) is 13.6. The van der Waals surface area contributed by atoms with Crippen LogP contribution in [0.1, 0.15) is 35.1 Å². The number of benzene rings is 2. The zero-order valence-electron chi connectivity index (χ0n) is 10.9. The number of nitrogens with two attached hydrogens (primary N) is 1. The molecule has 2 nitrogen and oxygen atoms in total. The Hall–Kier alpha value is -1.42. The third-order valence-electron chi connectivity index (χ3n) is 4.02. The Morgan fingerprint density at radius 2 is 2.10 bits per heavy atom. The summed E-state index contributed by atoms with van der Waals surface area (Å²) in [5.41, 5.74) is 5.97. The maximum absolute atomic E-state index is 13.9. The van der Waals surface area contributed by atoms with Crippen molar-refractivity contribution in [2.45, 2.75) is 24.8 Å². The highest BCUT2D eigenvalue weighted by Gasteiger charge is 2.29. The maximum Gasteiger partial charge on any atom is 0.128 e. The van der Waals surface area contributed by atoms with Gasteiger partial charge in [0.15, 0.2) is 0 Å². The van der Waals surface area contributed by atoms with E-state index in [0.717, 1.165) is 12.8 Å². The van der Waals surface area contributed by atoms with Crippen molar-refractivity contribution in [2.24, 2.45) is 5.84 Å². The highest BCUT2D eigenvalue weighted by molar-refractivity contribution is 6.30. The van der Waals surface area contributed by atoms with Gasteiger partial charge in [0.2, 0.25) is 0 Å². The predicted molar refractivity (Wildman–Crippen MR) is 79.0 cm³/mol. The van der Waals surface area contributed by atoms with Gasteiger partial charge in [0.05, 0.1) is 0 Å². The Morgan fingerprint density at radius 3 is 2.85 bits per heavy atom. The van der Waals surface area contributed by atoms with Gasteiger partial charge in [-0.15, -0.1) is 0 Å². The summed E-state index contributed by atoms with van der Waals surface area (Å²) in [6.07, 6.45) is 1.79. The van der Waals surface area contributed by atoms with Crippen LogP contribution in [0.2, 0.25) is 5.02 Å². The van der Waals surface area contributed by atoms with Crippen LogP contribution in [-0.4, -0.2) is 0 Å². The molecule has 0 fully saturated rings. The molecule has 20 heavy (non-hydrogen) atoms. The molecule has 2 aromatic carbocycles. The van der Waals surface area contributed by atoms with E-state index in [9.17, 15) is 4.39 Å². The summed E-state index contributed by atoms with van der Waals surface area (Å²) in [6.45, 7) is 0. The van der Waals surface area contributed by atoms with Crippen molar-refractivity contribution < 1.29 is 4.39 Å². The second-order valence-electron chi connectivity index (χ2n) is 5.22. The third kappa shape index (κ3) is 2.44. The Labute approximate surface area is 122 Å². The molecule has 0 bridgehead atoms. The van der Waals surface area contributed by atoms with Gasteiger partial charge in [-0.05, 0) is 48.1 Å². The second-order valence-corrected chi connectivity index (χ2v) is 5.66. The number of rotatable bonds is 4. The van der Waals surface area contributed by atoms with E-state index in [-0.39, 0.29) is 11.9 Å². The molecule has 0 saturated carbocycles. The molecule has 0 amide bonds. The van der Waals surface area contributed by atoms with Gasteiger partial charge in [-0.2, -0.15) is 0 Å². The highest BCUT2D eigenvalue weighted by atomic mass is 35.5. The summed E-state index contributed by atoms with van der Waals surface area (Å²) in [6, 6.07) is 12.7. The molecule has 104 valence electrons. The molecule has 3 rings (SSSR count). The van der Waals surface area contributed by atoms with Gasteiger partial charge in [-0.3, -0.25) is 11.3 Å². The number of halogens is 2. The quantitative estimate of drug-likeness (QED) is 0.665. The lowest BCUT2D eigenvalue weighted by Crippen LogP contribution is -2.32. The van der Waals surface area contributed by atoms with Crippen molar-refractivity contribution in [3.63, 3.8) is 0 Å². The van der Waals surface area contributed by atoms with E-state index in [1.807, 2.05) is 12.1 Å². The molecule has 3 N–H and O–H groups in total. The number of fused-ring (bicyclic) bond motifs is 1. The van der Waals surface area contributed by atoms with Crippen molar-refractivity contribution in [3.05, 3.63) is 70.0 Å². The fourth-order valence-corrected chi connectivity index (χ4v) is 3.10. The minimum Gasteiger partial charge on any atom is -0.271 e. The zero-order chi connectivity index (χ0) is 14.1. The van der Waals surface area contributed by atoms with Gasteiger partial charge in [0.1, 0.15) is 5.82 Å². The first-order valence-corrected chi connectivity index (χ1v) is 7.05. The fraction of sp³-hybridized carbons (Fsp3) is 0.250. The zero-order valence-corrected chi connectivity index (χ0v) is 11.7. The SMILES string of the molecule is NNC(CC1Cc2ccccc21)c1cc(Cl)ccc1F. The standard InChI is InChI=1S/C16H16ClFN2/c17-12-5-6-15(18)14(9-12)16(20-19)8-11-7-10-3-1-2-4-13(10)11/h1-6,9,11,16,20H,7-8,19H2. The summed E-state index contributed by atoms with van der Waals surface area (Å²) >= 11 is 5.95. The Kier molecular flexibility index (Phi) is 3.74. The molecular formula is C16H16ClFN2. The molecule has 0 saturated heterocycles. The smallest absolute Gasteiger partial charge is 0.128 e. The molecular weight excluding hydrogens is 275 g/mol. The monoisotopic (exact) mass is 290 g/mol. The molecule has 0 radical (unpaired) electrons. The van der Waals surface area contributed by atoms with Crippen LogP contribution < -0.4 is 11.3 Å². The largest absolute Gasteiger partial charge is 0.271 e. The summed E-state index contributed by atoms with van der Waals surface area (Å²) in [5, 5.41) is 0.524. The van der Waals surface area contributed by atoms with Crippen LogP contribution >= 0.6 is 11.6 Å². The summed E-state index contributed by atoms with van der Waals surface area (Å²) in [4.78, 5) is 0. The topological polar surface area (TPSA) is 38.0 Å². The minimum absolute atomic E-state index is 0.230. The van der Waals surface area contributed by atoms with Crippen molar-refractivity contribution in [3.8, 4) is 0 Å². The first-order chi connectivity index (χ1) is 9.69. The number of nitrogens with one attached hydrogen (secondary N) is 1. The van der Waals surface area contributed by atoms with Crippen LogP contribution in [-0.2, 0) is 6.42 Å². The van der Waals surface area contributed by atoms with Crippen molar-refractivity contribution in [2.75, 3.05) is 0 Å². The third-order valence-corrected chi connectivity index (χ3v) is 4.25. The average Bonchev–Trinajstić information content (AvgIpc) is 2.43. The van der Waals surface area contributed by atoms with Crippen LogP contribution in [0.3, 0.4) is 0 Å². The van der Waals surface area contributed by atoms with E-state index in [4.69, 9.17) is 17.4 Å². The average molecular weight is 291 g/mol. The van der Waals surface area contributed by atoms with Gasteiger partial charge in [0.25, 0.3) is 0 Å². The second kappa shape index (κ2) is 5.52. The summed E-state index contributed by atoms with van der Waals surface area (Å²) in [7, 11) is 0. The lowest BCUT2D eigenvalue weighted by atomic mass is 9.74. The Balaban J connectivity index is 1.80. The molecule has 0 heterocycles. The van der Waals surface area contributed by atoms with E-state index in [1.54, 1.807) is 12.1 Å². The molecule has 2 atom stereocenters. The molecule has 2 unspecified atom stereocenters. The number of hydrogen-bond acceptors (Lipinski definition) is 2. The molecule has 1 aliphatic carbocycles. The Morgan fingerprint density at radius 1 is 1.30 bits per heavy atom. The summed E-state index contributed by atoms with van der Waals surface area (Å²) < 4.78 is 13.9. The van der Waals surface area contributed by atoms with Crippen LogP contribution in [0, 0.1) is 5.82 Å². The predicted octanol–water partition coefficient (Wildman–Crippen LogP) is 3.71. The molecule has 1 aliphatic rings. The van der Waals surface area contributed by atoms with E-state index in [1.165, 1.54) is 17.2 Å². The molecule has 2 aromatic rings. The molecule has 0 spiro atoms. The van der Waals surface area contributed by atoms with E-state index >= 15 is 0 Å². The molecule has 0 aromatic heterocycles. The van der Waals surface area contributed by atoms with Crippen LogP contribution in [0.5, 0.6) is 0 Å². The van der Waals surface area contributed by atoms with Crippen molar-refractivity contribution in [1.82, 2.24) is 5.43 Å². The molecule has 0 aliphatic heterocycles. The van der Waals surface area contributed by atoms with Crippen LogP contribution in [0.4, 0.5) is 4.39 Å². The first-order valence-electron chi connectivity index (χ1n) is 6.68. The lowest BCUT2D eigenvalue weighted by molar-refractivity contribution is 0.422. The normalized spacial score (nSPS) is 18.2.